The number of ether oxygens (including phenoxy) is 6. The van der Waals surface area contributed by atoms with Crippen LogP contribution in [0.3, 0.4) is 0 Å². The summed E-state index contributed by atoms with van der Waals surface area (Å²) in [6.07, 6.45) is 7.33. The molecule has 0 aromatic carbocycles. The second-order valence-corrected chi connectivity index (χ2v) is 15.9. The molecule has 7 N–H and O–H groups in total. The van der Waals surface area contributed by atoms with Gasteiger partial charge in [-0.3, -0.25) is 9.59 Å². The maximum absolute atomic E-state index is 12.9. The molecule has 0 amide bonds. The summed E-state index contributed by atoms with van der Waals surface area (Å²) in [6.45, 7) is 2.55. The number of carbonyl (C=O) groups excluding carboxylic acids is 2. The van der Waals surface area contributed by atoms with Crippen molar-refractivity contribution in [2.45, 2.75) is 229 Å². The lowest BCUT2D eigenvalue weighted by molar-refractivity contribution is -0.332. The number of rotatable bonds is 33. The van der Waals surface area contributed by atoms with Crippen LogP contribution in [0.4, 0.5) is 0 Å². The molecule has 15 heteroatoms. The fourth-order valence-electron chi connectivity index (χ4n) is 7.10. The summed E-state index contributed by atoms with van der Waals surface area (Å²) in [5.74, 6) is -0.921. The van der Waals surface area contributed by atoms with Gasteiger partial charge in [-0.2, -0.15) is 0 Å². The van der Waals surface area contributed by atoms with E-state index in [0.29, 0.717) is 12.8 Å². The Morgan fingerprint density at radius 1 is 0.491 bits per heavy atom. The molecule has 4 unspecified atom stereocenters. The van der Waals surface area contributed by atoms with Gasteiger partial charge in [0, 0.05) is 12.8 Å². The Morgan fingerprint density at radius 2 is 0.895 bits per heavy atom. The van der Waals surface area contributed by atoms with Gasteiger partial charge in [-0.05, 0) is 12.8 Å². The van der Waals surface area contributed by atoms with E-state index < -0.39 is 92.7 Å². The molecule has 0 aromatic rings. The lowest BCUT2D eigenvalue weighted by Crippen LogP contribution is -2.61. The van der Waals surface area contributed by atoms with Crippen LogP contribution >= 0.6 is 0 Å². The number of hydrogen-bond acceptors (Lipinski definition) is 15. The largest absolute Gasteiger partial charge is 0.462 e. The van der Waals surface area contributed by atoms with Crippen LogP contribution in [-0.4, -0.2) is 142 Å². The van der Waals surface area contributed by atoms with E-state index in [1.54, 1.807) is 0 Å². The summed E-state index contributed by atoms with van der Waals surface area (Å²) >= 11 is 0. The lowest BCUT2D eigenvalue weighted by atomic mass is 9.98. The third-order valence-corrected chi connectivity index (χ3v) is 10.8. The lowest BCUT2D eigenvalue weighted by Gasteiger charge is -2.42. The molecule has 2 aliphatic rings. The smallest absolute Gasteiger partial charge is 0.306 e. The van der Waals surface area contributed by atoms with Gasteiger partial charge in [0.1, 0.15) is 55.4 Å². The summed E-state index contributed by atoms with van der Waals surface area (Å²) in [5.41, 5.74) is 0. The molecule has 0 radical (unpaired) electrons. The van der Waals surface area contributed by atoms with Gasteiger partial charge in [0.05, 0.1) is 19.8 Å². The molecule has 15 nitrogen and oxygen atoms in total. The highest BCUT2D eigenvalue weighted by molar-refractivity contribution is 5.70. The normalized spacial score (nSPS) is 28.3. The zero-order valence-corrected chi connectivity index (χ0v) is 34.8. The van der Waals surface area contributed by atoms with Crippen molar-refractivity contribution in [3.05, 3.63) is 0 Å². The van der Waals surface area contributed by atoms with E-state index in [0.717, 1.165) is 38.5 Å². The number of carbonyl (C=O) groups is 2. The standard InChI is InChI=1S/C42H78O15/c1-3-5-7-9-11-13-14-15-17-19-21-23-25-34(45)55-30(27-52-33(44)24-22-20-18-16-12-10-8-6-4-2)28-53-41-40(51)38(49)36(47)32(57-41)29-54-42-39(50)37(48)35(46)31(26-43)56-42/h30-32,35-43,46-51H,3-29H2,1-2H3/t30-,31-,32-,35+,36+,37?,38?,39?,40?,41-,42-/m1/s1. The molecule has 2 saturated heterocycles. The van der Waals surface area contributed by atoms with Crippen LogP contribution in [0.15, 0.2) is 0 Å². The monoisotopic (exact) mass is 823 g/mol. The average Bonchev–Trinajstić information content (AvgIpc) is 3.20. The molecule has 2 rings (SSSR count). The van der Waals surface area contributed by atoms with E-state index in [1.807, 2.05) is 0 Å². The third kappa shape index (κ3) is 21.0. The molecule has 2 aliphatic heterocycles. The van der Waals surface area contributed by atoms with E-state index in [9.17, 15) is 45.3 Å². The average molecular weight is 823 g/mol. The number of unbranched alkanes of at least 4 members (excludes halogenated alkanes) is 19. The van der Waals surface area contributed by atoms with Crippen molar-refractivity contribution < 1.29 is 73.8 Å². The Hall–Kier alpha value is -1.50. The van der Waals surface area contributed by atoms with Crippen LogP contribution in [0.1, 0.15) is 162 Å². The minimum absolute atomic E-state index is 0.172. The first-order chi connectivity index (χ1) is 27.5. The van der Waals surface area contributed by atoms with Crippen molar-refractivity contribution in [1.82, 2.24) is 0 Å². The van der Waals surface area contributed by atoms with Gasteiger partial charge in [0.25, 0.3) is 0 Å². The Bertz CT molecular complexity index is 1020. The van der Waals surface area contributed by atoms with Crippen molar-refractivity contribution in [3.63, 3.8) is 0 Å². The SMILES string of the molecule is CCCCCCCCCCCCCCC(=O)O[C@H](COC(=O)CCCCCCCCCCC)CO[C@@H]1O[C@H](CO[C@@H]2O[C@H](CO)[C@H](O)C(O)C2O)[C@H](O)C(O)C1O. The maximum atomic E-state index is 12.9. The fraction of sp³-hybridized carbons (Fsp3) is 0.952. The molecule has 0 spiro atoms. The van der Waals surface area contributed by atoms with E-state index >= 15 is 0 Å². The summed E-state index contributed by atoms with van der Waals surface area (Å²) in [7, 11) is 0. The van der Waals surface area contributed by atoms with Gasteiger partial charge in [-0.15, -0.1) is 0 Å². The van der Waals surface area contributed by atoms with Crippen LogP contribution in [0.2, 0.25) is 0 Å². The van der Waals surface area contributed by atoms with Gasteiger partial charge in [-0.1, -0.05) is 136 Å². The summed E-state index contributed by atoms with van der Waals surface area (Å²) in [5, 5.41) is 71.7. The quantitative estimate of drug-likeness (QED) is 0.0365. The molecule has 0 bridgehead atoms. The van der Waals surface area contributed by atoms with Crippen molar-refractivity contribution in [1.29, 1.82) is 0 Å². The number of aliphatic hydroxyl groups excluding tert-OH is 7. The third-order valence-electron chi connectivity index (χ3n) is 10.8. The molecule has 336 valence electrons. The first kappa shape index (κ1) is 51.6. The highest BCUT2D eigenvalue weighted by atomic mass is 16.7. The zero-order valence-electron chi connectivity index (χ0n) is 34.8. The second kappa shape index (κ2) is 31.4. The Labute approximate surface area is 340 Å². The predicted molar refractivity (Wildman–Crippen MR) is 211 cm³/mol. The van der Waals surface area contributed by atoms with E-state index in [4.69, 9.17) is 28.4 Å². The van der Waals surface area contributed by atoms with Gasteiger partial charge in [-0.25, -0.2) is 0 Å². The van der Waals surface area contributed by atoms with Crippen LogP contribution in [0.5, 0.6) is 0 Å². The van der Waals surface area contributed by atoms with Crippen molar-refractivity contribution in [3.8, 4) is 0 Å². The minimum Gasteiger partial charge on any atom is -0.462 e. The molecule has 57 heavy (non-hydrogen) atoms. The summed E-state index contributed by atoms with van der Waals surface area (Å²) < 4.78 is 33.4. The highest BCUT2D eigenvalue weighted by Gasteiger charge is 2.47. The van der Waals surface area contributed by atoms with E-state index in [2.05, 4.69) is 13.8 Å². The van der Waals surface area contributed by atoms with Gasteiger partial charge in [0.15, 0.2) is 18.7 Å². The molecule has 2 fully saturated rings. The van der Waals surface area contributed by atoms with E-state index in [-0.39, 0.29) is 26.1 Å². The zero-order chi connectivity index (χ0) is 41.8. The molecular weight excluding hydrogens is 744 g/mol. The first-order valence-electron chi connectivity index (χ1n) is 22.1. The fourth-order valence-corrected chi connectivity index (χ4v) is 7.10. The van der Waals surface area contributed by atoms with Gasteiger partial charge in [0.2, 0.25) is 0 Å². The Morgan fingerprint density at radius 3 is 1.37 bits per heavy atom. The molecular formula is C42H78O15. The van der Waals surface area contributed by atoms with Gasteiger partial charge < -0.3 is 64.2 Å². The van der Waals surface area contributed by atoms with Gasteiger partial charge >= 0.3 is 11.9 Å². The molecule has 0 aromatic heterocycles. The number of esters is 2. The Kier molecular flexibility index (Phi) is 28.4. The number of aliphatic hydroxyl groups is 7. The van der Waals surface area contributed by atoms with Crippen LogP contribution in [-0.2, 0) is 38.0 Å². The van der Waals surface area contributed by atoms with Crippen LogP contribution in [0.25, 0.3) is 0 Å². The first-order valence-corrected chi connectivity index (χ1v) is 22.1. The predicted octanol–water partition coefficient (Wildman–Crippen LogP) is 4.09. The molecule has 0 saturated carbocycles. The minimum atomic E-state index is -1.76. The molecule has 2 heterocycles. The summed E-state index contributed by atoms with van der Waals surface area (Å²) in [4.78, 5) is 25.5. The number of hydrogen-bond donors (Lipinski definition) is 7. The Balaban J connectivity index is 1.87. The van der Waals surface area contributed by atoms with Crippen LogP contribution < -0.4 is 0 Å². The maximum Gasteiger partial charge on any atom is 0.306 e. The van der Waals surface area contributed by atoms with Crippen LogP contribution in [0, 0.1) is 0 Å². The van der Waals surface area contributed by atoms with E-state index in [1.165, 1.54) is 83.5 Å². The van der Waals surface area contributed by atoms with Crippen molar-refractivity contribution >= 4 is 11.9 Å². The topological polar surface area (TPSA) is 231 Å². The second-order valence-electron chi connectivity index (χ2n) is 15.9. The molecule has 0 aliphatic carbocycles. The molecule has 11 atom stereocenters. The van der Waals surface area contributed by atoms with Crippen molar-refractivity contribution in [2.24, 2.45) is 0 Å². The summed E-state index contributed by atoms with van der Waals surface area (Å²) in [6, 6.07) is 0. The van der Waals surface area contributed by atoms with Crippen molar-refractivity contribution in [2.75, 3.05) is 26.4 Å². The highest BCUT2D eigenvalue weighted by Crippen LogP contribution is 2.26.